The summed E-state index contributed by atoms with van der Waals surface area (Å²) in [5.74, 6) is -0.177. The Labute approximate surface area is 137 Å². The second-order valence-corrected chi connectivity index (χ2v) is 6.29. The van der Waals surface area contributed by atoms with E-state index in [1.54, 1.807) is 12.1 Å². The van der Waals surface area contributed by atoms with Gasteiger partial charge < -0.3 is 11.1 Å². The number of hydrogen-bond donors (Lipinski definition) is 2. The number of nitrogens with one attached hydrogen (secondary N) is 1. The van der Waals surface area contributed by atoms with Gasteiger partial charge >= 0.3 is 0 Å². The topological polar surface area (TPSA) is 55.1 Å². The van der Waals surface area contributed by atoms with Gasteiger partial charge in [0.15, 0.2) is 0 Å². The molecule has 0 aliphatic rings. The highest BCUT2D eigenvalue weighted by Crippen LogP contribution is 2.19. The number of carbonyl (C=O) groups is 1. The third-order valence-electron chi connectivity index (χ3n) is 3.07. The molecule has 0 spiro atoms. The molecule has 0 heterocycles. The van der Waals surface area contributed by atoms with Crippen LogP contribution in [-0.4, -0.2) is 11.9 Å². The Morgan fingerprint density at radius 3 is 2.81 bits per heavy atom. The molecule has 0 fully saturated rings. The van der Waals surface area contributed by atoms with Crippen molar-refractivity contribution in [2.75, 3.05) is 5.73 Å². The van der Waals surface area contributed by atoms with E-state index in [2.05, 4.69) is 21.2 Å². The van der Waals surface area contributed by atoms with Gasteiger partial charge in [-0.2, -0.15) is 0 Å². The second kappa shape index (κ2) is 6.96. The van der Waals surface area contributed by atoms with Crippen molar-refractivity contribution in [1.82, 2.24) is 5.32 Å². The lowest BCUT2D eigenvalue weighted by molar-refractivity contribution is 0.0941. The van der Waals surface area contributed by atoms with Crippen molar-refractivity contribution >= 4 is 39.1 Å². The van der Waals surface area contributed by atoms with E-state index < -0.39 is 0 Å². The van der Waals surface area contributed by atoms with E-state index in [1.807, 2.05) is 37.3 Å². The first-order valence-corrected chi connectivity index (χ1v) is 7.73. The molecule has 0 saturated carbocycles. The van der Waals surface area contributed by atoms with Crippen molar-refractivity contribution in [3.05, 3.63) is 63.1 Å². The molecule has 2 rings (SSSR count). The number of rotatable bonds is 4. The number of nitrogens with two attached hydrogens (primary N) is 1. The number of halogens is 2. The molecule has 1 amide bonds. The van der Waals surface area contributed by atoms with Crippen LogP contribution in [0.5, 0.6) is 0 Å². The average Bonchev–Trinajstić information content (AvgIpc) is 2.41. The molecule has 0 radical (unpaired) electrons. The SMILES string of the molecule is CC(Cc1cccc(Cl)c1)NC(=O)c1cc(Br)ccc1N. The quantitative estimate of drug-likeness (QED) is 0.801. The molecule has 1 atom stereocenters. The first kappa shape index (κ1) is 15.9. The minimum absolute atomic E-state index is 0.0191. The maximum Gasteiger partial charge on any atom is 0.253 e. The van der Waals surface area contributed by atoms with E-state index in [-0.39, 0.29) is 11.9 Å². The summed E-state index contributed by atoms with van der Waals surface area (Å²) in [4.78, 5) is 12.2. The fourth-order valence-electron chi connectivity index (χ4n) is 2.10. The van der Waals surface area contributed by atoms with Crippen LogP contribution in [0.4, 0.5) is 5.69 Å². The Kier molecular flexibility index (Phi) is 5.26. The summed E-state index contributed by atoms with van der Waals surface area (Å²) in [6.45, 7) is 1.95. The van der Waals surface area contributed by atoms with Crippen molar-refractivity contribution in [3.63, 3.8) is 0 Å². The summed E-state index contributed by atoms with van der Waals surface area (Å²) in [5, 5.41) is 3.65. The standard InChI is InChI=1S/C16H16BrClN2O/c1-10(7-11-3-2-4-13(18)8-11)20-16(21)14-9-12(17)5-6-15(14)19/h2-6,8-10H,7,19H2,1H3,(H,20,21). The number of hydrogen-bond acceptors (Lipinski definition) is 2. The van der Waals surface area contributed by atoms with Crippen molar-refractivity contribution in [1.29, 1.82) is 0 Å². The van der Waals surface area contributed by atoms with Crippen LogP contribution >= 0.6 is 27.5 Å². The number of amides is 1. The summed E-state index contributed by atoms with van der Waals surface area (Å²) in [6.07, 6.45) is 0.709. The summed E-state index contributed by atoms with van der Waals surface area (Å²) >= 11 is 9.30. The lowest BCUT2D eigenvalue weighted by Crippen LogP contribution is -2.34. The minimum atomic E-state index is -0.177. The Hall–Kier alpha value is -1.52. The largest absolute Gasteiger partial charge is 0.398 e. The highest BCUT2D eigenvalue weighted by molar-refractivity contribution is 9.10. The van der Waals surface area contributed by atoms with Gasteiger partial charge in [-0.25, -0.2) is 0 Å². The highest BCUT2D eigenvalue weighted by atomic mass is 79.9. The first-order valence-electron chi connectivity index (χ1n) is 6.56. The fourth-order valence-corrected chi connectivity index (χ4v) is 2.67. The molecule has 0 bridgehead atoms. The van der Waals surface area contributed by atoms with Gasteiger partial charge in [-0.05, 0) is 49.2 Å². The molecule has 5 heteroatoms. The van der Waals surface area contributed by atoms with E-state index in [4.69, 9.17) is 17.3 Å². The predicted molar refractivity (Wildman–Crippen MR) is 90.6 cm³/mol. The lowest BCUT2D eigenvalue weighted by Gasteiger charge is -2.15. The average molecular weight is 368 g/mol. The van der Waals surface area contributed by atoms with Crippen LogP contribution in [-0.2, 0) is 6.42 Å². The molecule has 110 valence electrons. The monoisotopic (exact) mass is 366 g/mol. The zero-order valence-corrected chi connectivity index (χ0v) is 13.9. The van der Waals surface area contributed by atoms with Gasteiger partial charge in [0.25, 0.3) is 5.91 Å². The minimum Gasteiger partial charge on any atom is -0.398 e. The van der Waals surface area contributed by atoms with Crippen LogP contribution in [0, 0.1) is 0 Å². The van der Waals surface area contributed by atoms with Gasteiger partial charge in [0.1, 0.15) is 0 Å². The van der Waals surface area contributed by atoms with E-state index in [0.29, 0.717) is 22.7 Å². The van der Waals surface area contributed by atoms with Gasteiger partial charge in [-0.3, -0.25) is 4.79 Å². The smallest absolute Gasteiger partial charge is 0.253 e. The fraction of sp³-hybridized carbons (Fsp3) is 0.188. The lowest BCUT2D eigenvalue weighted by atomic mass is 10.1. The first-order chi connectivity index (χ1) is 9.95. The van der Waals surface area contributed by atoms with E-state index in [0.717, 1.165) is 10.0 Å². The highest BCUT2D eigenvalue weighted by Gasteiger charge is 2.13. The van der Waals surface area contributed by atoms with E-state index >= 15 is 0 Å². The van der Waals surface area contributed by atoms with Gasteiger partial charge in [0.05, 0.1) is 5.56 Å². The predicted octanol–water partition coefficient (Wildman–Crippen LogP) is 4.05. The molecule has 0 aromatic heterocycles. The van der Waals surface area contributed by atoms with E-state index in [9.17, 15) is 4.79 Å². The zero-order valence-electron chi connectivity index (χ0n) is 11.6. The molecule has 3 N–H and O–H groups in total. The number of anilines is 1. The second-order valence-electron chi connectivity index (χ2n) is 4.94. The molecular formula is C16H16BrClN2O. The summed E-state index contributed by atoms with van der Waals surface area (Å²) in [5.41, 5.74) is 7.86. The molecule has 0 aliphatic carbocycles. The third-order valence-corrected chi connectivity index (χ3v) is 3.80. The Morgan fingerprint density at radius 2 is 2.10 bits per heavy atom. The molecule has 2 aromatic rings. The van der Waals surface area contributed by atoms with Crippen LogP contribution in [0.1, 0.15) is 22.8 Å². The van der Waals surface area contributed by atoms with Gasteiger partial charge in [0, 0.05) is 21.2 Å². The van der Waals surface area contributed by atoms with Crippen molar-refractivity contribution in [3.8, 4) is 0 Å². The third kappa shape index (κ3) is 4.48. The Bertz CT molecular complexity index is 660. The van der Waals surface area contributed by atoms with Crippen LogP contribution in [0.2, 0.25) is 5.02 Å². The van der Waals surface area contributed by atoms with Gasteiger partial charge in [-0.1, -0.05) is 39.7 Å². The van der Waals surface area contributed by atoms with E-state index in [1.165, 1.54) is 0 Å². The zero-order chi connectivity index (χ0) is 15.4. The van der Waals surface area contributed by atoms with Crippen molar-refractivity contribution < 1.29 is 4.79 Å². The molecule has 0 saturated heterocycles. The number of carbonyl (C=O) groups excluding carboxylic acids is 1. The van der Waals surface area contributed by atoms with Crippen molar-refractivity contribution in [2.24, 2.45) is 0 Å². The maximum absolute atomic E-state index is 12.2. The molecular weight excluding hydrogens is 352 g/mol. The Balaban J connectivity index is 2.03. The molecule has 0 aliphatic heterocycles. The molecule has 1 unspecified atom stereocenters. The van der Waals surface area contributed by atoms with Crippen LogP contribution in [0.25, 0.3) is 0 Å². The van der Waals surface area contributed by atoms with Gasteiger partial charge in [-0.15, -0.1) is 0 Å². The van der Waals surface area contributed by atoms with Crippen LogP contribution in [0.15, 0.2) is 46.9 Å². The molecule has 2 aromatic carbocycles. The summed E-state index contributed by atoms with van der Waals surface area (Å²) in [6, 6.07) is 12.8. The summed E-state index contributed by atoms with van der Waals surface area (Å²) in [7, 11) is 0. The molecule has 21 heavy (non-hydrogen) atoms. The number of nitrogen functional groups attached to an aromatic ring is 1. The van der Waals surface area contributed by atoms with Crippen molar-refractivity contribution in [2.45, 2.75) is 19.4 Å². The summed E-state index contributed by atoms with van der Waals surface area (Å²) < 4.78 is 0.823. The normalized spacial score (nSPS) is 12.0. The maximum atomic E-state index is 12.2. The Morgan fingerprint density at radius 1 is 1.33 bits per heavy atom. The number of benzene rings is 2. The van der Waals surface area contributed by atoms with Crippen LogP contribution < -0.4 is 11.1 Å². The van der Waals surface area contributed by atoms with Crippen LogP contribution in [0.3, 0.4) is 0 Å². The van der Waals surface area contributed by atoms with Gasteiger partial charge in [0.2, 0.25) is 0 Å². The molecule has 3 nitrogen and oxygen atoms in total.